The van der Waals surface area contributed by atoms with Gasteiger partial charge in [-0.1, -0.05) is 41.5 Å². The predicted molar refractivity (Wildman–Crippen MR) is 148 cm³/mol. The zero-order valence-electron chi connectivity index (χ0n) is 22.4. The molecule has 4 rings (SSSR count). The Morgan fingerprint density at radius 2 is 1.59 bits per heavy atom. The summed E-state index contributed by atoms with van der Waals surface area (Å²) in [6.07, 6.45) is 2.10. The molecule has 4 amide bonds. The Morgan fingerprint density at radius 3 is 2.23 bits per heavy atom. The molecule has 8 nitrogen and oxygen atoms in total. The Bertz CT molecular complexity index is 1450. The summed E-state index contributed by atoms with van der Waals surface area (Å²) < 4.78 is 10.9. The Balaban J connectivity index is 1.63. The fraction of sp³-hybridized carbons (Fsp3) is 0.226. The van der Waals surface area contributed by atoms with E-state index >= 15 is 0 Å². The molecule has 0 spiro atoms. The van der Waals surface area contributed by atoms with Crippen LogP contribution in [0.4, 0.5) is 10.5 Å². The van der Waals surface area contributed by atoms with Gasteiger partial charge in [-0.3, -0.25) is 14.9 Å². The molecular formula is C31H30N2O6. The van der Waals surface area contributed by atoms with Crippen molar-refractivity contribution in [2.75, 3.05) is 18.1 Å². The van der Waals surface area contributed by atoms with Gasteiger partial charge in [0.15, 0.2) is 0 Å². The smallest absolute Gasteiger partial charge is 0.338 e. The fourth-order valence-corrected chi connectivity index (χ4v) is 4.51. The van der Waals surface area contributed by atoms with Crippen LogP contribution in [0.3, 0.4) is 0 Å². The van der Waals surface area contributed by atoms with Crippen LogP contribution >= 0.6 is 0 Å². The van der Waals surface area contributed by atoms with Crippen LogP contribution in [-0.2, 0) is 20.7 Å². The number of nitrogens with zero attached hydrogens (tertiary/aromatic N) is 1. The zero-order chi connectivity index (χ0) is 28.1. The molecule has 1 fully saturated rings. The summed E-state index contributed by atoms with van der Waals surface area (Å²) in [7, 11) is 0. The third kappa shape index (κ3) is 6.23. The summed E-state index contributed by atoms with van der Waals surface area (Å²) in [6.45, 7) is 8.38. The van der Waals surface area contributed by atoms with Crippen molar-refractivity contribution in [1.29, 1.82) is 0 Å². The lowest BCUT2D eigenvalue weighted by Gasteiger charge is -2.26. The minimum Gasteiger partial charge on any atom is -0.494 e. The molecule has 0 radical (unpaired) electrons. The second-order valence-electron chi connectivity index (χ2n) is 9.20. The van der Waals surface area contributed by atoms with E-state index in [1.54, 1.807) is 13.0 Å². The maximum Gasteiger partial charge on any atom is 0.338 e. The minimum absolute atomic E-state index is 0.200. The number of imide groups is 2. The molecule has 1 saturated heterocycles. The Hall–Kier alpha value is -4.72. The monoisotopic (exact) mass is 526 g/mol. The average Bonchev–Trinajstić information content (AvgIpc) is 2.88. The first-order valence-electron chi connectivity index (χ1n) is 12.7. The van der Waals surface area contributed by atoms with Crippen molar-refractivity contribution in [3.05, 3.63) is 99.6 Å². The number of esters is 1. The molecule has 0 unspecified atom stereocenters. The average molecular weight is 527 g/mol. The number of barbiturate groups is 1. The second-order valence-corrected chi connectivity index (χ2v) is 9.20. The van der Waals surface area contributed by atoms with Gasteiger partial charge >= 0.3 is 12.0 Å². The number of nitrogens with one attached hydrogen (secondary N) is 1. The highest BCUT2D eigenvalue weighted by Gasteiger charge is 2.37. The van der Waals surface area contributed by atoms with Crippen LogP contribution in [0.5, 0.6) is 5.75 Å². The van der Waals surface area contributed by atoms with Crippen molar-refractivity contribution in [2.24, 2.45) is 0 Å². The van der Waals surface area contributed by atoms with E-state index in [1.165, 1.54) is 41.5 Å². The highest BCUT2D eigenvalue weighted by molar-refractivity contribution is 6.39. The van der Waals surface area contributed by atoms with Crippen molar-refractivity contribution < 1.29 is 28.7 Å². The molecule has 0 aliphatic carbocycles. The van der Waals surface area contributed by atoms with Gasteiger partial charge in [0.2, 0.25) is 0 Å². The number of rotatable bonds is 8. The van der Waals surface area contributed by atoms with Crippen LogP contribution < -0.4 is 15.0 Å². The number of hydrogen-bond donors (Lipinski definition) is 1. The standard InChI is InChI=1S/C31H30N2O6/c1-5-38-27-18-21(7-8-24(27)16-22-14-19(3)13-20(4)15-22)17-26-28(34)32-31(37)33(29(26)35)25-11-9-23(10-12-25)30(36)39-6-2/h7-15,17-18H,5-6,16H2,1-4H3,(H,32,34,37)/b26-17+. The second kappa shape index (κ2) is 11.8. The summed E-state index contributed by atoms with van der Waals surface area (Å²) in [5.74, 6) is -1.43. The lowest BCUT2D eigenvalue weighted by atomic mass is 9.98. The van der Waals surface area contributed by atoms with Gasteiger partial charge in [-0.05, 0) is 80.8 Å². The molecule has 3 aromatic rings. The quantitative estimate of drug-likeness (QED) is 0.248. The van der Waals surface area contributed by atoms with Gasteiger partial charge in [0.1, 0.15) is 11.3 Å². The van der Waals surface area contributed by atoms with Gasteiger partial charge in [-0.2, -0.15) is 0 Å². The molecule has 0 saturated carbocycles. The molecule has 1 heterocycles. The van der Waals surface area contributed by atoms with Crippen LogP contribution in [0.2, 0.25) is 0 Å². The van der Waals surface area contributed by atoms with Crippen LogP contribution in [0, 0.1) is 13.8 Å². The van der Waals surface area contributed by atoms with E-state index in [-0.39, 0.29) is 23.4 Å². The summed E-state index contributed by atoms with van der Waals surface area (Å²) in [5, 5.41) is 2.22. The number of hydrogen-bond acceptors (Lipinski definition) is 6. The van der Waals surface area contributed by atoms with E-state index in [2.05, 4.69) is 37.4 Å². The first-order chi connectivity index (χ1) is 18.7. The minimum atomic E-state index is -0.871. The third-order valence-corrected chi connectivity index (χ3v) is 6.12. The topological polar surface area (TPSA) is 102 Å². The Morgan fingerprint density at radius 1 is 0.897 bits per heavy atom. The van der Waals surface area contributed by atoms with Crippen LogP contribution in [-0.4, -0.2) is 37.0 Å². The molecular weight excluding hydrogens is 496 g/mol. The Kier molecular flexibility index (Phi) is 8.24. The van der Waals surface area contributed by atoms with Gasteiger partial charge in [0.05, 0.1) is 24.5 Å². The fourth-order valence-electron chi connectivity index (χ4n) is 4.51. The van der Waals surface area contributed by atoms with Crippen molar-refractivity contribution >= 4 is 35.6 Å². The SMILES string of the molecule is CCOC(=O)c1ccc(N2C(=O)NC(=O)/C(=C\c3ccc(Cc4cc(C)cc(C)c4)c(OCC)c3)C2=O)cc1. The van der Waals surface area contributed by atoms with Gasteiger partial charge in [-0.25, -0.2) is 14.5 Å². The van der Waals surface area contributed by atoms with Crippen molar-refractivity contribution in [3.8, 4) is 5.75 Å². The molecule has 200 valence electrons. The molecule has 0 bridgehead atoms. The third-order valence-electron chi connectivity index (χ3n) is 6.12. The van der Waals surface area contributed by atoms with Crippen molar-refractivity contribution in [2.45, 2.75) is 34.1 Å². The van der Waals surface area contributed by atoms with E-state index < -0.39 is 23.8 Å². The maximum absolute atomic E-state index is 13.3. The summed E-state index contributed by atoms with van der Waals surface area (Å²) in [4.78, 5) is 51.3. The zero-order valence-corrected chi connectivity index (χ0v) is 22.4. The summed E-state index contributed by atoms with van der Waals surface area (Å²) in [6, 6.07) is 16.8. The highest BCUT2D eigenvalue weighted by atomic mass is 16.5. The van der Waals surface area contributed by atoms with E-state index in [4.69, 9.17) is 9.47 Å². The molecule has 39 heavy (non-hydrogen) atoms. The van der Waals surface area contributed by atoms with Gasteiger partial charge in [0, 0.05) is 6.42 Å². The highest BCUT2D eigenvalue weighted by Crippen LogP contribution is 2.27. The summed E-state index contributed by atoms with van der Waals surface area (Å²) in [5.41, 5.74) is 5.36. The number of carbonyl (C=O) groups is 4. The van der Waals surface area contributed by atoms with Gasteiger partial charge in [0.25, 0.3) is 11.8 Å². The molecule has 1 N–H and O–H groups in total. The maximum atomic E-state index is 13.3. The lowest BCUT2D eigenvalue weighted by Crippen LogP contribution is -2.54. The van der Waals surface area contributed by atoms with Gasteiger partial charge in [-0.15, -0.1) is 0 Å². The van der Waals surface area contributed by atoms with Gasteiger partial charge < -0.3 is 9.47 Å². The first-order valence-corrected chi connectivity index (χ1v) is 12.7. The van der Waals surface area contributed by atoms with Crippen LogP contribution in [0.25, 0.3) is 6.08 Å². The molecule has 1 aliphatic heterocycles. The molecule has 1 aliphatic rings. The largest absolute Gasteiger partial charge is 0.494 e. The molecule has 0 atom stereocenters. The van der Waals surface area contributed by atoms with Crippen molar-refractivity contribution in [3.63, 3.8) is 0 Å². The van der Waals surface area contributed by atoms with Crippen LogP contribution in [0.1, 0.15) is 52.0 Å². The van der Waals surface area contributed by atoms with Crippen LogP contribution in [0.15, 0.2) is 66.2 Å². The predicted octanol–water partition coefficient (Wildman–Crippen LogP) is 5.14. The molecule has 0 aromatic heterocycles. The Labute approximate surface area is 227 Å². The number of carbonyl (C=O) groups excluding carboxylic acids is 4. The first kappa shape index (κ1) is 27.3. The lowest BCUT2D eigenvalue weighted by molar-refractivity contribution is -0.122. The normalized spacial score (nSPS) is 14.4. The summed E-state index contributed by atoms with van der Waals surface area (Å²) >= 11 is 0. The number of anilines is 1. The van der Waals surface area contributed by atoms with E-state index in [1.807, 2.05) is 19.1 Å². The van der Waals surface area contributed by atoms with E-state index in [0.29, 0.717) is 24.3 Å². The number of amides is 4. The number of benzene rings is 3. The number of ether oxygens (including phenoxy) is 2. The number of urea groups is 1. The van der Waals surface area contributed by atoms with E-state index in [0.717, 1.165) is 16.0 Å². The number of aryl methyl sites for hydroxylation is 2. The molecule has 8 heteroatoms. The van der Waals surface area contributed by atoms with E-state index in [9.17, 15) is 19.2 Å². The molecule has 3 aromatic carbocycles. The van der Waals surface area contributed by atoms with Crippen molar-refractivity contribution in [1.82, 2.24) is 5.32 Å².